The summed E-state index contributed by atoms with van der Waals surface area (Å²) in [4.78, 5) is 11.9. The predicted molar refractivity (Wildman–Crippen MR) is 75.1 cm³/mol. The molecule has 0 saturated carbocycles. The van der Waals surface area contributed by atoms with Crippen LogP contribution < -0.4 is 10.1 Å². The van der Waals surface area contributed by atoms with Crippen molar-refractivity contribution in [2.45, 2.75) is 12.6 Å². The summed E-state index contributed by atoms with van der Waals surface area (Å²) in [5, 5.41) is 7.64. The predicted octanol–water partition coefficient (Wildman–Crippen LogP) is 2.41. The van der Waals surface area contributed by atoms with E-state index < -0.39 is 23.3 Å². The average molecular weight is 325 g/mol. The second-order valence-corrected chi connectivity index (χ2v) is 5.36. The van der Waals surface area contributed by atoms with Crippen molar-refractivity contribution in [1.29, 1.82) is 0 Å². The first-order valence-electron chi connectivity index (χ1n) is 7.04. The fourth-order valence-corrected chi connectivity index (χ4v) is 2.53. The Morgan fingerprint density at radius 1 is 1.39 bits per heavy atom. The van der Waals surface area contributed by atoms with Gasteiger partial charge < -0.3 is 10.1 Å². The molecule has 0 unspecified atom stereocenters. The zero-order chi connectivity index (χ0) is 16.4. The van der Waals surface area contributed by atoms with Gasteiger partial charge in [0.25, 0.3) is 5.91 Å². The Hall–Kier alpha value is -2.51. The fourth-order valence-electron chi connectivity index (χ4n) is 2.53. The first-order chi connectivity index (χ1) is 10.9. The van der Waals surface area contributed by atoms with Gasteiger partial charge in [0.05, 0.1) is 18.4 Å². The molecule has 122 valence electrons. The number of hydrogen-bond acceptors (Lipinski definition) is 3. The standard InChI is InChI=1S/C15H14F3N3O2/c16-15(17,18)13-11(7-20-21-13)14(22)19-6-9-5-10-3-1-2-4-12(10)23-8-9/h1-4,7,9H,5-6,8H2,(H,19,22)(H,20,21)/t9-/m1/s1. The lowest BCUT2D eigenvalue weighted by Gasteiger charge is -2.25. The van der Waals surface area contributed by atoms with Crippen LogP contribution in [-0.2, 0) is 12.6 Å². The van der Waals surface area contributed by atoms with E-state index >= 15 is 0 Å². The molecular weight excluding hydrogens is 311 g/mol. The molecule has 23 heavy (non-hydrogen) atoms. The van der Waals surface area contributed by atoms with E-state index in [0.717, 1.165) is 17.5 Å². The van der Waals surface area contributed by atoms with Crippen LogP contribution in [0.25, 0.3) is 0 Å². The van der Waals surface area contributed by atoms with E-state index in [-0.39, 0.29) is 12.5 Å². The van der Waals surface area contributed by atoms with Crippen LogP contribution in [0.2, 0.25) is 0 Å². The molecule has 2 heterocycles. The normalized spacial score (nSPS) is 17.3. The van der Waals surface area contributed by atoms with Crippen molar-refractivity contribution in [3.8, 4) is 5.75 Å². The average Bonchev–Trinajstić information content (AvgIpc) is 3.02. The largest absolute Gasteiger partial charge is 0.493 e. The minimum Gasteiger partial charge on any atom is -0.493 e. The van der Waals surface area contributed by atoms with Crippen LogP contribution in [0.1, 0.15) is 21.6 Å². The zero-order valence-electron chi connectivity index (χ0n) is 12.0. The highest BCUT2D eigenvalue weighted by molar-refractivity contribution is 5.95. The molecule has 5 nitrogen and oxygen atoms in total. The number of aromatic nitrogens is 2. The lowest BCUT2D eigenvalue weighted by molar-refractivity contribution is -0.141. The second kappa shape index (κ2) is 5.94. The molecule has 1 aromatic heterocycles. The molecule has 1 aromatic carbocycles. The summed E-state index contributed by atoms with van der Waals surface area (Å²) in [6.45, 7) is 0.643. The van der Waals surface area contributed by atoms with Gasteiger partial charge in [0.1, 0.15) is 5.75 Å². The molecule has 0 saturated heterocycles. The van der Waals surface area contributed by atoms with E-state index in [1.54, 1.807) is 0 Å². The lowest BCUT2D eigenvalue weighted by atomic mass is 9.96. The van der Waals surface area contributed by atoms with Gasteiger partial charge in [0.2, 0.25) is 0 Å². The van der Waals surface area contributed by atoms with E-state index in [9.17, 15) is 18.0 Å². The quantitative estimate of drug-likeness (QED) is 0.911. The zero-order valence-corrected chi connectivity index (χ0v) is 12.0. The number of carbonyl (C=O) groups is 1. The van der Waals surface area contributed by atoms with Crippen molar-refractivity contribution < 1.29 is 22.7 Å². The number of halogens is 3. The molecule has 0 fully saturated rings. The number of aromatic amines is 1. The Morgan fingerprint density at radius 2 is 2.17 bits per heavy atom. The number of benzene rings is 1. The van der Waals surface area contributed by atoms with Crippen LogP contribution in [0, 0.1) is 5.92 Å². The summed E-state index contributed by atoms with van der Waals surface area (Å²) in [7, 11) is 0. The third kappa shape index (κ3) is 3.30. The van der Waals surface area contributed by atoms with Crippen molar-refractivity contribution >= 4 is 5.91 Å². The highest BCUT2D eigenvalue weighted by Gasteiger charge is 2.37. The van der Waals surface area contributed by atoms with E-state index in [2.05, 4.69) is 10.4 Å². The molecule has 1 aliphatic rings. The van der Waals surface area contributed by atoms with Crippen LogP contribution in [0.4, 0.5) is 13.2 Å². The van der Waals surface area contributed by atoms with Crippen LogP contribution >= 0.6 is 0 Å². The number of nitrogens with zero attached hydrogens (tertiary/aromatic N) is 1. The third-order valence-corrected chi connectivity index (χ3v) is 3.67. The highest BCUT2D eigenvalue weighted by Crippen LogP contribution is 2.30. The summed E-state index contributed by atoms with van der Waals surface area (Å²) >= 11 is 0. The minimum absolute atomic E-state index is 0.00934. The summed E-state index contributed by atoms with van der Waals surface area (Å²) in [6, 6.07) is 7.56. The number of fused-ring (bicyclic) bond motifs is 1. The van der Waals surface area contributed by atoms with Gasteiger partial charge in [-0.1, -0.05) is 18.2 Å². The second-order valence-electron chi connectivity index (χ2n) is 5.36. The van der Waals surface area contributed by atoms with Gasteiger partial charge in [0.15, 0.2) is 5.69 Å². The number of H-pyrrole nitrogens is 1. The number of amides is 1. The number of ether oxygens (including phenoxy) is 1. The molecule has 0 bridgehead atoms. The SMILES string of the molecule is O=C(NC[C@@H]1COc2ccccc2C1)c1cn[nH]c1C(F)(F)F. The van der Waals surface area contributed by atoms with Crippen LogP contribution in [0.5, 0.6) is 5.75 Å². The third-order valence-electron chi connectivity index (χ3n) is 3.67. The van der Waals surface area contributed by atoms with Gasteiger partial charge in [0, 0.05) is 12.5 Å². The Balaban J connectivity index is 1.62. The van der Waals surface area contributed by atoms with Crippen LogP contribution in [0.3, 0.4) is 0 Å². The molecule has 1 atom stereocenters. The Labute approximate surface area is 129 Å². The molecule has 1 aliphatic heterocycles. The number of alkyl halides is 3. The fraction of sp³-hybridized carbons (Fsp3) is 0.333. The number of hydrogen-bond donors (Lipinski definition) is 2. The van der Waals surface area contributed by atoms with Gasteiger partial charge >= 0.3 is 6.18 Å². The summed E-state index contributed by atoms with van der Waals surface area (Å²) in [5.74, 6) is 0.0179. The highest BCUT2D eigenvalue weighted by atomic mass is 19.4. The maximum absolute atomic E-state index is 12.7. The maximum Gasteiger partial charge on any atom is 0.433 e. The number of carbonyl (C=O) groups excluding carboxylic acids is 1. The molecule has 3 rings (SSSR count). The summed E-state index contributed by atoms with van der Waals surface area (Å²) < 4.78 is 43.8. The van der Waals surface area contributed by atoms with E-state index in [1.807, 2.05) is 29.4 Å². The van der Waals surface area contributed by atoms with Gasteiger partial charge in [-0.25, -0.2) is 0 Å². The lowest BCUT2D eigenvalue weighted by Crippen LogP contribution is -2.35. The van der Waals surface area contributed by atoms with Crippen LogP contribution in [-0.4, -0.2) is 29.3 Å². The van der Waals surface area contributed by atoms with Crippen molar-refractivity contribution in [1.82, 2.24) is 15.5 Å². The Morgan fingerprint density at radius 3 is 2.96 bits per heavy atom. The summed E-state index contributed by atoms with van der Waals surface area (Å²) in [6.07, 6.45) is -3.06. The topological polar surface area (TPSA) is 67.0 Å². The molecule has 2 N–H and O–H groups in total. The Kier molecular flexibility index (Phi) is 3.97. The molecule has 0 radical (unpaired) electrons. The molecule has 2 aromatic rings. The van der Waals surface area contributed by atoms with Crippen molar-refractivity contribution in [2.24, 2.45) is 5.92 Å². The van der Waals surface area contributed by atoms with Crippen molar-refractivity contribution in [3.05, 3.63) is 47.3 Å². The van der Waals surface area contributed by atoms with Crippen molar-refractivity contribution in [3.63, 3.8) is 0 Å². The molecule has 0 spiro atoms. The van der Waals surface area contributed by atoms with Gasteiger partial charge in [-0.2, -0.15) is 18.3 Å². The monoisotopic (exact) mass is 325 g/mol. The van der Waals surface area contributed by atoms with Crippen molar-refractivity contribution in [2.75, 3.05) is 13.2 Å². The number of para-hydroxylation sites is 1. The molecule has 1 amide bonds. The Bertz CT molecular complexity index is 712. The minimum atomic E-state index is -4.64. The molecular formula is C15H14F3N3O2. The number of rotatable bonds is 3. The van der Waals surface area contributed by atoms with Crippen LogP contribution in [0.15, 0.2) is 30.5 Å². The molecule has 0 aliphatic carbocycles. The van der Waals surface area contributed by atoms with Gasteiger partial charge in [-0.3, -0.25) is 9.89 Å². The van der Waals surface area contributed by atoms with E-state index in [0.29, 0.717) is 13.0 Å². The first kappa shape index (κ1) is 15.4. The smallest absolute Gasteiger partial charge is 0.433 e. The van der Waals surface area contributed by atoms with Gasteiger partial charge in [-0.15, -0.1) is 0 Å². The number of nitrogens with one attached hydrogen (secondary N) is 2. The molecule has 8 heteroatoms. The van der Waals surface area contributed by atoms with E-state index in [1.165, 1.54) is 0 Å². The maximum atomic E-state index is 12.7. The first-order valence-corrected chi connectivity index (χ1v) is 7.04. The van der Waals surface area contributed by atoms with Gasteiger partial charge in [-0.05, 0) is 18.1 Å². The van der Waals surface area contributed by atoms with E-state index in [4.69, 9.17) is 4.74 Å². The summed E-state index contributed by atoms with van der Waals surface area (Å²) in [5.41, 5.74) is -0.618.